The molecule has 1 N–H and O–H groups in total. The number of nitrogens with zero attached hydrogens (tertiary/aromatic N) is 1. The first-order chi connectivity index (χ1) is 13.5. The van der Waals surface area contributed by atoms with Gasteiger partial charge >= 0.3 is 0 Å². The standard InChI is InChI=1S/C22H19ClN2O3/c1-25(19-5-3-2-4-6-19)22(27)16-7-11-18(12-8-16)24-21(26)15-28-20-13-9-17(23)10-14-20/h2-14H,15H2,1H3,(H,24,26). The van der Waals surface area contributed by atoms with Crippen molar-refractivity contribution in [3.8, 4) is 5.75 Å². The van der Waals surface area contributed by atoms with E-state index >= 15 is 0 Å². The Hall–Kier alpha value is -3.31. The summed E-state index contributed by atoms with van der Waals surface area (Å²) in [5.41, 5.74) is 1.93. The first kappa shape index (κ1) is 19.5. The Morgan fingerprint density at radius 2 is 1.57 bits per heavy atom. The Labute approximate surface area is 168 Å². The number of hydrogen-bond acceptors (Lipinski definition) is 3. The molecule has 6 heteroatoms. The van der Waals surface area contributed by atoms with Gasteiger partial charge in [-0.2, -0.15) is 0 Å². The van der Waals surface area contributed by atoms with Crippen LogP contribution in [0.15, 0.2) is 78.9 Å². The number of nitrogens with one attached hydrogen (secondary N) is 1. The number of anilines is 2. The molecule has 5 nitrogen and oxygen atoms in total. The zero-order valence-electron chi connectivity index (χ0n) is 15.3. The summed E-state index contributed by atoms with van der Waals surface area (Å²) in [6.45, 7) is -0.126. The Bertz CT molecular complexity index is 942. The van der Waals surface area contributed by atoms with E-state index in [9.17, 15) is 9.59 Å². The third kappa shape index (κ3) is 5.11. The van der Waals surface area contributed by atoms with Gasteiger partial charge in [0.2, 0.25) is 0 Å². The van der Waals surface area contributed by atoms with Gasteiger partial charge in [0.25, 0.3) is 11.8 Å². The predicted octanol–water partition coefficient (Wildman–Crippen LogP) is 4.63. The number of para-hydroxylation sites is 1. The van der Waals surface area contributed by atoms with Crippen molar-refractivity contribution < 1.29 is 14.3 Å². The molecule has 0 unspecified atom stereocenters. The van der Waals surface area contributed by atoms with Crippen molar-refractivity contribution in [3.05, 3.63) is 89.4 Å². The highest BCUT2D eigenvalue weighted by molar-refractivity contribution is 6.30. The van der Waals surface area contributed by atoms with E-state index < -0.39 is 0 Å². The highest BCUT2D eigenvalue weighted by Gasteiger charge is 2.13. The number of hydrogen-bond donors (Lipinski definition) is 1. The second kappa shape index (κ2) is 9.06. The number of halogens is 1. The fourth-order valence-corrected chi connectivity index (χ4v) is 2.66. The quantitative estimate of drug-likeness (QED) is 0.662. The van der Waals surface area contributed by atoms with Crippen molar-refractivity contribution in [1.29, 1.82) is 0 Å². The molecular weight excluding hydrogens is 376 g/mol. The lowest BCUT2D eigenvalue weighted by atomic mass is 10.1. The molecule has 0 fully saturated rings. The highest BCUT2D eigenvalue weighted by Crippen LogP contribution is 2.17. The minimum Gasteiger partial charge on any atom is -0.484 e. The van der Waals surface area contributed by atoms with Crippen LogP contribution >= 0.6 is 11.6 Å². The van der Waals surface area contributed by atoms with Gasteiger partial charge in [0, 0.05) is 29.0 Å². The van der Waals surface area contributed by atoms with Gasteiger partial charge in [-0.25, -0.2) is 0 Å². The molecule has 28 heavy (non-hydrogen) atoms. The smallest absolute Gasteiger partial charge is 0.262 e. The largest absolute Gasteiger partial charge is 0.484 e. The molecule has 0 saturated carbocycles. The number of ether oxygens (including phenoxy) is 1. The molecule has 3 aromatic carbocycles. The summed E-state index contributed by atoms with van der Waals surface area (Å²) in [6.07, 6.45) is 0. The summed E-state index contributed by atoms with van der Waals surface area (Å²) in [6, 6.07) is 22.9. The average Bonchev–Trinajstić information content (AvgIpc) is 2.73. The number of benzene rings is 3. The van der Waals surface area contributed by atoms with E-state index in [2.05, 4.69) is 5.32 Å². The van der Waals surface area contributed by atoms with Crippen LogP contribution in [0, 0.1) is 0 Å². The normalized spacial score (nSPS) is 10.2. The molecule has 0 aliphatic heterocycles. The minimum absolute atomic E-state index is 0.126. The van der Waals surface area contributed by atoms with Gasteiger partial charge in [0.1, 0.15) is 5.75 Å². The maximum atomic E-state index is 12.6. The molecular formula is C22H19ClN2O3. The molecule has 0 aromatic heterocycles. The third-order valence-electron chi connectivity index (χ3n) is 4.05. The second-order valence-corrected chi connectivity index (χ2v) is 6.50. The average molecular weight is 395 g/mol. The molecule has 0 radical (unpaired) electrons. The number of carbonyl (C=O) groups excluding carboxylic acids is 2. The van der Waals surface area contributed by atoms with Crippen molar-refractivity contribution in [2.75, 3.05) is 23.9 Å². The maximum absolute atomic E-state index is 12.6. The Morgan fingerprint density at radius 3 is 2.21 bits per heavy atom. The number of carbonyl (C=O) groups is 2. The summed E-state index contributed by atoms with van der Waals surface area (Å²) in [5.74, 6) is 0.134. The summed E-state index contributed by atoms with van der Waals surface area (Å²) < 4.78 is 5.41. The van der Waals surface area contributed by atoms with Crippen molar-refractivity contribution in [3.63, 3.8) is 0 Å². The zero-order valence-corrected chi connectivity index (χ0v) is 16.0. The van der Waals surface area contributed by atoms with Gasteiger partial charge < -0.3 is 15.0 Å². The van der Waals surface area contributed by atoms with Crippen LogP contribution in [0.2, 0.25) is 5.02 Å². The first-order valence-corrected chi connectivity index (χ1v) is 9.02. The Kier molecular flexibility index (Phi) is 6.29. The van der Waals surface area contributed by atoms with Gasteiger partial charge in [0.05, 0.1) is 0 Å². The fourth-order valence-electron chi connectivity index (χ4n) is 2.54. The van der Waals surface area contributed by atoms with Crippen LogP contribution in [0.4, 0.5) is 11.4 Å². The van der Waals surface area contributed by atoms with Crippen LogP contribution in [-0.4, -0.2) is 25.5 Å². The van der Waals surface area contributed by atoms with E-state index in [4.69, 9.17) is 16.3 Å². The minimum atomic E-state index is -0.296. The molecule has 0 spiro atoms. The molecule has 142 valence electrons. The molecule has 0 aliphatic rings. The van der Waals surface area contributed by atoms with E-state index in [1.807, 2.05) is 30.3 Å². The fraction of sp³-hybridized carbons (Fsp3) is 0.0909. The van der Waals surface area contributed by atoms with Gasteiger partial charge in [-0.3, -0.25) is 9.59 Å². The van der Waals surface area contributed by atoms with Crippen molar-refractivity contribution in [2.24, 2.45) is 0 Å². The second-order valence-electron chi connectivity index (χ2n) is 6.07. The van der Waals surface area contributed by atoms with Gasteiger partial charge in [-0.15, -0.1) is 0 Å². The molecule has 2 amide bonds. The third-order valence-corrected chi connectivity index (χ3v) is 4.30. The van der Waals surface area contributed by atoms with Gasteiger partial charge in [-0.05, 0) is 60.7 Å². The van der Waals surface area contributed by atoms with Crippen molar-refractivity contribution >= 4 is 34.8 Å². The molecule has 0 atom stereocenters. The topological polar surface area (TPSA) is 58.6 Å². The van der Waals surface area contributed by atoms with Crippen LogP contribution in [0.1, 0.15) is 10.4 Å². The lowest BCUT2D eigenvalue weighted by Gasteiger charge is -2.17. The molecule has 0 aliphatic carbocycles. The molecule has 0 bridgehead atoms. The van der Waals surface area contributed by atoms with E-state index in [1.54, 1.807) is 60.5 Å². The van der Waals surface area contributed by atoms with E-state index in [0.717, 1.165) is 5.69 Å². The lowest BCUT2D eigenvalue weighted by molar-refractivity contribution is -0.118. The zero-order chi connectivity index (χ0) is 19.9. The van der Waals surface area contributed by atoms with E-state index in [0.29, 0.717) is 22.0 Å². The highest BCUT2D eigenvalue weighted by atomic mass is 35.5. The Morgan fingerprint density at radius 1 is 0.929 bits per heavy atom. The number of amides is 2. The van der Waals surface area contributed by atoms with Crippen LogP contribution in [0.5, 0.6) is 5.75 Å². The van der Waals surface area contributed by atoms with Crippen LogP contribution < -0.4 is 15.0 Å². The summed E-state index contributed by atoms with van der Waals surface area (Å²) in [7, 11) is 1.72. The van der Waals surface area contributed by atoms with Crippen LogP contribution in [0.3, 0.4) is 0 Å². The molecule has 0 saturated heterocycles. The molecule has 3 rings (SSSR count). The van der Waals surface area contributed by atoms with E-state index in [1.165, 1.54) is 0 Å². The maximum Gasteiger partial charge on any atom is 0.262 e. The number of rotatable bonds is 6. The summed E-state index contributed by atoms with van der Waals surface area (Å²) in [5, 5.41) is 3.34. The molecule has 0 heterocycles. The van der Waals surface area contributed by atoms with Crippen molar-refractivity contribution in [1.82, 2.24) is 0 Å². The summed E-state index contributed by atoms with van der Waals surface area (Å²) >= 11 is 5.81. The first-order valence-electron chi connectivity index (χ1n) is 8.64. The van der Waals surface area contributed by atoms with E-state index in [-0.39, 0.29) is 18.4 Å². The monoisotopic (exact) mass is 394 g/mol. The predicted molar refractivity (Wildman–Crippen MR) is 111 cm³/mol. The lowest BCUT2D eigenvalue weighted by Crippen LogP contribution is -2.26. The summed E-state index contributed by atoms with van der Waals surface area (Å²) in [4.78, 5) is 26.2. The van der Waals surface area contributed by atoms with Gasteiger partial charge in [0.15, 0.2) is 6.61 Å². The van der Waals surface area contributed by atoms with Crippen molar-refractivity contribution in [2.45, 2.75) is 0 Å². The van der Waals surface area contributed by atoms with Gasteiger partial charge in [-0.1, -0.05) is 29.8 Å². The SMILES string of the molecule is CN(C(=O)c1ccc(NC(=O)COc2ccc(Cl)cc2)cc1)c1ccccc1. The van der Waals surface area contributed by atoms with Crippen LogP contribution in [0.25, 0.3) is 0 Å². The van der Waals surface area contributed by atoms with Crippen LogP contribution in [-0.2, 0) is 4.79 Å². The Balaban J connectivity index is 1.55. The molecule has 3 aromatic rings.